The molecule has 3 rings (SSSR count). The first-order valence-corrected chi connectivity index (χ1v) is 14.4. The number of ether oxygens (including phenoxy) is 4. The minimum absolute atomic E-state index is 0.0235. The molecule has 7 atom stereocenters. The summed E-state index contributed by atoms with van der Waals surface area (Å²) >= 11 is 6.27. The van der Waals surface area contributed by atoms with Crippen LogP contribution in [0.1, 0.15) is 65.5 Å². The molecule has 0 saturated carbocycles. The second kappa shape index (κ2) is 14.6. The van der Waals surface area contributed by atoms with E-state index in [0.29, 0.717) is 17.2 Å². The molecule has 3 N–H and O–H groups in total. The Morgan fingerprint density at radius 1 is 1.29 bits per heavy atom. The van der Waals surface area contributed by atoms with E-state index in [2.05, 4.69) is 5.32 Å². The number of methoxy groups -OCH3 is 2. The summed E-state index contributed by atoms with van der Waals surface area (Å²) in [5.41, 5.74) is 0.379. The summed E-state index contributed by atoms with van der Waals surface area (Å²) in [6.45, 7) is 12.9. The van der Waals surface area contributed by atoms with Crippen molar-refractivity contribution < 1.29 is 38.7 Å². The van der Waals surface area contributed by atoms with Crippen molar-refractivity contribution >= 4 is 23.5 Å². The van der Waals surface area contributed by atoms with Gasteiger partial charge in [-0.3, -0.25) is 10.1 Å². The number of carbonyl (C=O) groups is 2. The Morgan fingerprint density at radius 2 is 1.95 bits per heavy atom. The Balaban J connectivity index is 0.00000287. The number of carbonyl (C=O) groups excluding carboxylic acids is 2. The van der Waals surface area contributed by atoms with Gasteiger partial charge in [0.2, 0.25) is 0 Å². The first-order chi connectivity index (χ1) is 19.2. The second-order valence-electron chi connectivity index (χ2n) is 10.9. The van der Waals surface area contributed by atoms with Crippen LogP contribution in [0, 0.1) is 12.8 Å². The van der Waals surface area contributed by atoms with Crippen LogP contribution in [-0.2, 0) is 25.4 Å². The molecule has 0 radical (unpaired) electrons. The largest absolute Gasteiger partial charge is 0.495 e. The summed E-state index contributed by atoms with van der Waals surface area (Å²) in [6, 6.07) is 3.92. The maximum absolute atomic E-state index is 12.4. The number of alkyl carbamates (subject to hydrolysis) is 1. The lowest BCUT2D eigenvalue weighted by atomic mass is 9.83. The number of halogens is 1. The van der Waals surface area contributed by atoms with Gasteiger partial charge in [0.15, 0.2) is 5.72 Å². The molecular formula is C31H46ClNO8. The van der Waals surface area contributed by atoms with Crippen LogP contribution in [-0.4, -0.2) is 72.1 Å². The third-order valence-corrected chi connectivity index (χ3v) is 8.04. The van der Waals surface area contributed by atoms with Gasteiger partial charge < -0.3 is 29.2 Å². The Hall–Kier alpha value is -2.43. The number of cyclic esters (lactones) is 1. The molecule has 0 aliphatic carbocycles. The van der Waals surface area contributed by atoms with Gasteiger partial charge in [-0.1, -0.05) is 62.2 Å². The van der Waals surface area contributed by atoms with E-state index < -0.39 is 41.8 Å². The van der Waals surface area contributed by atoms with Crippen molar-refractivity contribution in [1.82, 2.24) is 5.32 Å². The Kier molecular flexibility index (Phi) is 12.4. The van der Waals surface area contributed by atoms with Gasteiger partial charge >= 0.3 is 6.09 Å². The predicted octanol–water partition coefficient (Wildman–Crippen LogP) is 5.06. The molecule has 2 aliphatic rings. The third-order valence-electron chi connectivity index (χ3n) is 7.56. The number of Topliss-reactive ketones (excluding diaryl/α,β-unsaturated/α-hetero) is 1. The van der Waals surface area contributed by atoms with Crippen LogP contribution >= 0.6 is 11.6 Å². The molecule has 10 heteroatoms. The lowest BCUT2D eigenvalue weighted by molar-refractivity contribution is -0.142. The van der Waals surface area contributed by atoms with E-state index in [1.165, 1.54) is 14.0 Å². The van der Waals surface area contributed by atoms with Gasteiger partial charge in [-0.05, 0) is 51.3 Å². The summed E-state index contributed by atoms with van der Waals surface area (Å²) in [5, 5.41) is 25.0. The van der Waals surface area contributed by atoms with Gasteiger partial charge in [0, 0.05) is 25.9 Å². The maximum atomic E-state index is 12.4. The number of nitrogens with one attached hydrogen (secondary N) is 1. The van der Waals surface area contributed by atoms with Crippen molar-refractivity contribution in [3.8, 4) is 5.75 Å². The van der Waals surface area contributed by atoms with E-state index in [0.717, 1.165) is 16.7 Å². The molecule has 2 fully saturated rings. The van der Waals surface area contributed by atoms with E-state index in [-0.39, 0.29) is 24.5 Å². The third kappa shape index (κ3) is 8.55. The normalized spacial score (nSPS) is 28.1. The number of aliphatic hydroxyl groups is 2. The van der Waals surface area contributed by atoms with Crippen molar-refractivity contribution in [3.05, 3.63) is 52.1 Å². The van der Waals surface area contributed by atoms with E-state index in [1.807, 2.05) is 52.8 Å². The van der Waals surface area contributed by atoms with Gasteiger partial charge in [0.25, 0.3) is 0 Å². The van der Waals surface area contributed by atoms with E-state index in [9.17, 15) is 19.8 Å². The number of aliphatic hydroxyl groups excluding tert-OH is 1. The Morgan fingerprint density at radius 3 is 2.54 bits per heavy atom. The van der Waals surface area contributed by atoms with Crippen molar-refractivity contribution in [2.24, 2.45) is 5.92 Å². The molecule has 2 saturated heterocycles. The summed E-state index contributed by atoms with van der Waals surface area (Å²) in [4.78, 5) is 23.9. The number of amides is 1. The smallest absolute Gasteiger partial charge is 0.409 e. The summed E-state index contributed by atoms with van der Waals surface area (Å²) in [5.74, 6) is 0.133. The fourth-order valence-electron chi connectivity index (χ4n) is 5.22. The number of rotatable bonds is 12. The fourth-order valence-corrected chi connectivity index (χ4v) is 5.41. The van der Waals surface area contributed by atoms with Crippen molar-refractivity contribution in [2.45, 2.75) is 103 Å². The number of aryl methyl sites for hydroxylation is 1. The van der Waals surface area contributed by atoms with E-state index in [4.69, 9.17) is 30.5 Å². The standard InChI is InChI=1S/C29H40ClNO8.C2H6/c1-16(11-20-12-17(2)25(30)21(14-20)36-6)9-8-10-24(37-7)29(35)15-22(38-27(34)31-29)19(4)26-28(5,39-26)23(33)13-18(3)32;1-2/h8-10,12,14,19,22-24,26,33,35H,11,13,15H2,1-7H3,(H,31,34);1-2H3/b10-8+,16-9+;. The first kappa shape index (κ1) is 34.8. The molecule has 9 nitrogen and oxygen atoms in total. The lowest BCUT2D eigenvalue weighted by Crippen LogP contribution is -2.63. The molecule has 2 heterocycles. The Labute approximate surface area is 248 Å². The highest BCUT2D eigenvalue weighted by atomic mass is 35.5. The van der Waals surface area contributed by atoms with Crippen molar-refractivity contribution in [3.63, 3.8) is 0 Å². The SMILES string of the molecule is CC.COc1cc(C/C(C)=C/C=C/C(OC)C2(O)CC(C(C)C3OC3(C)C(O)CC(C)=O)OC(=O)N2)cc(C)c1Cl. The molecule has 1 amide bonds. The van der Waals surface area contributed by atoms with Gasteiger partial charge in [0.05, 0.1) is 24.3 Å². The van der Waals surface area contributed by atoms with Gasteiger partial charge in [-0.15, -0.1) is 0 Å². The minimum Gasteiger partial charge on any atom is -0.495 e. The van der Waals surface area contributed by atoms with Gasteiger partial charge in [-0.25, -0.2) is 4.79 Å². The molecule has 2 aliphatic heterocycles. The van der Waals surface area contributed by atoms with Crippen LogP contribution in [0.2, 0.25) is 5.02 Å². The molecule has 41 heavy (non-hydrogen) atoms. The zero-order chi connectivity index (χ0) is 31.1. The van der Waals surface area contributed by atoms with Crippen LogP contribution in [0.4, 0.5) is 4.79 Å². The number of benzene rings is 1. The molecule has 1 aromatic rings. The highest BCUT2D eigenvalue weighted by molar-refractivity contribution is 6.32. The molecule has 230 valence electrons. The average molecular weight is 596 g/mol. The highest BCUT2D eigenvalue weighted by Gasteiger charge is 2.62. The molecule has 0 spiro atoms. The van der Waals surface area contributed by atoms with Crippen molar-refractivity contribution in [1.29, 1.82) is 0 Å². The molecular weight excluding hydrogens is 550 g/mol. The van der Waals surface area contributed by atoms with Crippen LogP contribution in [0.15, 0.2) is 35.9 Å². The molecule has 0 bridgehead atoms. The van der Waals surface area contributed by atoms with Crippen LogP contribution < -0.4 is 10.1 Å². The van der Waals surface area contributed by atoms with Crippen molar-refractivity contribution in [2.75, 3.05) is 14.2 Å². The monoisotopic (exact) mass is 595 g/mol. The molecule has 7 unspecified atom stereocenters. The number of hydrogen-bond acceptors (Lipinski definition) is 8. The Bertz CT molecular complexity index is 1140. The number of hydrogen-bond donors (Lipinski definition) is 3. The van der Waals surface area contributed by atoms with Crippen LogP contribution in [0.3, 0.4) is 0 Å². The minimum atomic E-state index is -1.73. The highest BCUT2D eigenvalue weighted by Crippen LogP contribution is 2.47. The lowest BCUT2D eigenvalue weighted by Gasteiger charge is -2.42. The summed E-state index contributed by atoms with van der Waals surface area (Å²) < 4.78 is 22.2. The summed E-state index contributed by atoms with van der Waals surface area (Å²) in [7, 11) is 3.03. The van der Waals surface area contributed by atoms with Gasteiger partial charge in [-0.2, -0.15) is 0 Å². The van der Waals surface area contributed by atoms with E-state index >= 15 is 0 Å². The predicted molar refractivity (Wildman–Crippen MR) is 158 cm³/mol. The zero-order valence-electron chi connectivity index (χ0n) is 25.6. The van der Waals surface area contributed by atoms with Gasteiger partial charge in [0.1, 0.15) is 29.3 Å². The first-order valence-electron chi connectivity index (χ1n) is 14.0. The second-order valence-corrected chi connectivity index (χ2v) is 11.2. The molecule has 1 aromatic carbocycles. The van der Waals surface area contributed by atoms with Crippen LogP contribution in [0.25, 0.3) is 0 Å². The maximum Gasteiger partial charge on any atom is 0.409 e. The zero-order valence-corrected chi connectivity index (χ0v) is 26.4. The fraction of sp³-hybridized carbons (Fsp3) is 0.613. The molecule has 0 aromatic heterocycles. The number of ketones is 1. The quantitative estimate of drug-likeness (QED) is 0.226. The number of epoxide rings is 1. The van der Waals surface area contributed by atoms with Crippen LogP contribution in [0.5, 0.6) is 5.75 Å². The summed E-state index contributed by atoms with van der Waals surface area (Å²) in [6.07, 6.45) is 2.29. The topological polar surface area (TPSA) is 127 Å². The number of allylic oxidation sites excluding steroid dienone is 3. The average Bonchev–Trinajstić information content (AvgIpc) is 3.61. The van der Waals surface area contributed by atoms with E-state index in [1.54, 1.807) is 26.2 Å².